The summed E-state index contributed by atoms with van der Waals surface area (Å²) in [6.45, 7) is 0. The minimum atomic E-state index is -0.953. The van der Waals surface area contributed by atoms with Crippen molar-refractivity contribution in [3.63, 3.8) is 0 Å². The van der Waals surface area contributed by atoms with E-state index in [1.807, 2.05) is 0 Å². The van der Waals surface area contributed by atoms with Crippen molar-refractivity contribution < 1.29 is 14.7 Å². The number of aliphatic carboxylic acids is 1. The first-order valence-electron chi connectivity index (χ1n) is 3.55. The van der Waals surface area contributed by atoms with Crippen LogP contribution in [0.25, 0.3) is 0 Å². The van der Waals surface area contributed by atoms with Crippen LogP contribution in [0.2, 0.25) is 0 Å². The van der Waals surface area contributed by atoms with E-state index in [1.54, 1.807) is 11.6 Å². The molecule has 5 nitrogen and oxygen atoms in total. The Morgan fingerprint density at radius 2 is 2.62 bits per heavy atom. The number of carbonyl (C=O) groups is 2. The second-order valence-electron chi connectivity index (χ2n) is 2.39. The second kappa shape index (κ2) is 4.56. The van der Waals surface area contributed by atoms with E-state index < -0.39 is 12.0 Å². The van der Waals surface area contributed by atoms with Gasteiger partial charge in [0.2, 0.25) is 6.41 Å². The third-order valence-corrected chi connectivity index (χ3v) is 2.11. The molecule has 0 saturated heterocycles. The molecule has 0 aliphatic heterocycles. The molecule has 0 aliphatic rings. The lowest BCUT2D eigenvalue weighted by Gasteiger charge is -2.10. The van der Waals surface area contributed by atoms with Crippen molar-refractivity contribution in [1.82, 2.24) is 9.69 Å². The van der Waals surface area contributed by atoms with Crippen LogP contribution in [0.4, 0.5) is 0 Å². The zero-order valence-electron chi connectivity index (χ0n) is 6.64. The topological polar surface area (TPSA) is 79.3 Å². The van der Waals surface area contributed by atoms with Crippen LogP contribution in [0.5, 0.6) is 0 Å². The monoisotopic (exact) mass is 200 g/mol. The van der Waals surface area contributed by atoms with E-state index in [2.05, 4.69) is 9.69 Å². The highest BCUT2D eigenvalue weighted by atomic mass is 32.1. The smallest absolute Gasteiger partial charge is 0.305 e. The number of carboxylic acids is 1. The van der Waals surface area contributed by atoms with Crippen molar-refractivity contribution in [1.29, 1.82) is 0 Å². The molecule has 0 aliphatic carbocycles. The number of hydrogen-bond acceptors (Lipinski definition) is 4. The van der Waals surface area contributed by atoms with E-state index in [-0.39, 0.29) is 6.42 Å². The van der Waals surface area contributed by atoms with Crippen LogP contribution >= 0.6 is 11.5 Å². The summed E-state index contributed by atoms with van der Waals surface area (Å²) in [6, 6.07) is -0.478. The Labute approximate surface area is 78.6 Å². The van der Waals surface area contributed by atoms with Gasteiger partial charge in [-0.15, -0.1) is 0 Å². The van der Waals surface area contributed by atoms with E-state index >= 15 is 0 Å². The lowest BCUT2D eigenvalue weighted by molar-refractivity contribution is -0.137. The third kappa shape index (κ3) is 2.83. The van der Waals surface area contributed by atoms with Crippen molar-refractivity contribution in [2.24, 2.45) is 0 Å². The van der Waals surface area contributed by atoms with Crippen LogP contribution in [0, 0.1) is 0 Å². The Bertz CT molecular complexity index is 286. The number of amides is 1. The van der Waals surface area contributed by atoms with Crippen LogP contribution in [-0.2, 0) is 9.59 Å². The molecule has 0 aromatic carbocycles. The molecule has 0 unspecified atom stereocenters. The van der Waals surface area contributed by atoms with Gasteiger partial charge in [0.05, 0.1) is 12.5 Å². The van der Waals surface area contributed by atoms with Gasteiger partial charge in [-0.3, -0.25) is 9.59 Å². The molecule has 13 heavy (non-hydrogen) atoms. The molecule has 0 bridgehead atoms. The zero-order chi connectivity index (χ0) is 9.68. The van der Waals surface area contributed by atoms with Crippen molar-refractivity contribution >= 4 is 23.9 Å². The predicted octanol–water partition coefficient (Wildman–Crippen LogP) is 0.405. The van der Waals surface area contributed by atoms with Crippen molar-refractivity contribution in [3.05, 3.63) is 17.1 Å². The zero-order valence-corrected chi connectivity index (χ0v) is 7.45. The second-order valence-corrected chi connectivity index (χ2v) is 3.05. The summed E-state index contributed by atoms with van der Waals surface area (Å²) in [7, 11) is 0. The molecule has 70 valence electrons. The predicted molar refractivity (Wildman–Crippen MR) is 46.3 cm³/mol. The maximum Gasteiger partial charge on any atom is 0.305 e. The van der Waals surface area contributed by atoms with E-state index in [9.17, 15) is 9.59 Å². The number of nitrogens with zero attached hydrogens (tertiary/aromatic N) is 1. The van der Waals surface area contributed by atoms with Gasteiger partial charge in [0.1, 0.15) is 0 Å². The van der Waals surface area contributed by atoms with Crippen LogP contribution in [0.3, 0.4) is 0 Å². The standard InChI is InChI=1S/C7H8N2O3S/c10-4-8-6(1-7(11)12)5-2-9-13-3-5/h2-4,6H,1H2,(H,8,10)(H,11,12)/t6-/m0/s1. The Kier molecular flexibility index (Phi) is 3.39. The number of carbonyl (C=O) groups excluding carboxylic acids is 1. The average molecular weight is 200 g/mol. The van der Waals surface area contributed by atoms with Gasteiger partial charge in [0.15, 0.2) is 0 Å². The highest BCUT2D eigenvalue weighted by Crippen LogP contribution is 2.16. The molecule has 0 fully saturated rings. The molecule has 1 heterocycles. The fraction of sp³-hybridized carbons (Fsp3) is 0.286. The van der Waals surface area contributed by atoms with Gasteiger partial charge in [0, 0.05) is 17.1 Å². The molecule has 1 amide bonds. The highest BCUT2D eigenvalue weighted by Gasteiger charge is 2.14. The fourth-order valence-corrected chi connectivity index (χ4v) is 1.51. The molecule has 6 heteroatoms. The summed E-state index contributed by atoms with van der Waals surface area (Å²) in [5.41, 5.74) is 0.722. The first kappa shape index (κ1) is 9.66. The Morgan fingerprint density at radius 3 is 3.08 bits per heavy atom. The van der Waals surface area contributed by atoms with Crippen molar-refractivity contribution in [2.75, 3.05) is 0 Å². The highest BCUT2D eigenvalue weighted by molar-refractivity contribution is 7.03. The van der Waals surface area contributed by atoms with Gasteiger partial charge < -0.3 is 10.4 Å². The molecule has 1 aromatic rings. The largest absolute Gasteiger partial charge is 0.481 e. The molecule has 1 atom stereocenters. The summed E-state index contributed by atoms with van der Waals surface area (Å²) >= 11 is 1.22. The van der Waals surface area contributed by atoms with Crippen LogP contribution in [-0.4, -0.2) is 21.9 Å². The molecular formula is C7H8N2O3S. The normalized spacial score (nSPS) is 12.0. The van der Waals surface area contributed by atoms with Crippen LogP contribution < -0.4 is 5.32 Å². The third-order valence-electron chi connectivity index (χ3n) is 1.50. The van der Waals surface area contributed by atoms with Crippen LogP contribution in [0.15, 0.2) is 11.6 Å². The summed E-state index contributed by atoms with van der Waals surface area (Å²) in [6.07, 6.45) is 1.91. The molecule has 0 saturated carbocycles. The van der Waals surface area contributed by atoms with Gasteiger partial charge in [-0.25, -0.2) is 4.37 Å². The van der Waals surface area contributed by atoms with Gasteiger partial charge in [-0.2, -0.15) is 0 Å². The number of nitrogens with one attached hydrogen (secondary N) is 1. The minimum absolute atomic E-state index is 0.128. The Balaban J connectivity index is 2.67. The van der Waals surface area contributed by atoms with E-state index in [4.69, 9.17) is 5.11 Å². The molecule has 1 rings (SSSR count). The number of hydrogen-bond donors (Lipinski definition) is 2. The SMILES string of the molecule is O=CN[C@@H](CC(=O)O)c1cnsc1. The van der Waals surface area contributed by atoms with Gasteiger partial charge >= 0.3 is 5.97 Å². The number of aromatic nitrogens is 1. The molecule has 2 N–H and O–H groups in total. The van der Waals surface area contributed by atoms with Gasteiger partial charge in [0.25, 0.3) is 0 Å². The molecule has 1 aromatic heterocycles. The summed E-state index contributed by atoms with van der Waals surface area (Å²) in [4.78, 5) is 20.6. The van der Waals surface area contributed by atoms with Crippen LogP contribution in [0.1, 0.15) is 18.0 Å². The van der Waals surface area contributed by atoms with Gasteiger partial charge in [-0.05, 0) is 11.5 Å². The maximum absolute atomic E-state index is 10.4. The molecule has 0 spiro atoms. The summed E-state index contributed by atoms with van der Waals surface area (Å²) < 4.78 is 3.83. The first-order valence-corrected chi connectivity index (χ1v) is 4.38. The molecular weight excluding hydrogens is 192 g/mol. The maximum atomic E-state index is 10.4. The quantitative estimate of drug-likeness (QED) is 0.674. The average Bonchev–Trinajstić information content (AvgIpc) is 2.54. The van der Waals surface area contributed by atoms with E-state index in [1.165, 1.54) is 11.5 Å². The summed E-state index contributed by atoms with van der Waals surface area (Å²) in [5.74, 6) is -0.953. The molecule has 0 radical (unpaired) electrons. The van der Waals surface area contributed by atoms with Crippen molar-refractivity contribution in [3.8, 4) is 0 Å². The van der Waals surface area contributed by atoms with E-state index in [0.717, 1.165) is 5.56 Å². The first-order chi connectivity index (χ1) is 6.24. The lowest BCUT2D eigenvalue weighted by atomic mass is 10.1. The van der Waals surface area contributed by atoms with Gasteiger partial charge in [-0.1, -0.05) is 0 Å². The lowest BCUT2D eigenvalue weighted by Crippen LogP contribution is -2.21. The Morgan fingerprint density at radius 1 is 1.85 bits per heavy atom. The number of rotatable bonds is 5. The minimum Gasteiger partial charge on any atom is -0.481 e. The Hall–Kier alpha value is -1.43. The van der Waals surface area contributed by atoms with E-state index in [0.29, 0.717) is 6.41 Å². The fourth-order valence-electron chi connectivity index (χ4n) is 0.915. The number of carboxylic acid groups (broad SMARTS) is 1. The summed E-state index contributed by atoms with van der Waals surface area (Å²) in [5, 5.41) is 12.7. The van der Waals surface area contributed by atoms with Crippen molar-refractivity contribution in [2.45, 2.75) is 12.5 Å².